The molecule has 0 aliphatic carbocycles. The predicted molar refractivity (Wildman–Crippen MR) is 162 cm³/mol. The third-order valence-electron chi connectivity index (χ3n) is 10.3. The van der Waals surface area contributed by atoms with Crippen LogP contribution in [0.25, 0.3) is 0 Å². The minimum absolute atomic E-state index is 0.102. The third kappa shape index (κ3) is 7.99. The summed E-state index contributed by atoms with van der Waals surface area (Å²) in [6, 6.07) is 0. The lowest BCUT2D eigenvalue weighted by molar-refractivity contribution is -0.299. The van der Waals surface area contributed by atoms with Gasteiger partial charge in [0, 0.05) is 25.4 Å². The van der Waals surface area contributed by atoms with Gasteiger partial charge in [-0.2, -0.15) is 0 Å². The lowest BCUT2D eigenvalue weighted by Gasteiger charge is -2.50. The van der Waals surface area contributed by atoms with Gasteiger partial charge in [0.15, 0.2) is 6.29 Å². The van der Waals surface area contributed by atoms with Crippen molar-refractivity contribution in [3.05, 3.63) is 0 Å². The first-order valence-electron chi connectivity index (χ1n) is 15.9. The van der Waals surface area contributed by atoms with Crippen LogP contribution in [0.5, 0.6) is 0 Å². The first-order chi connectivity index (χ1) is 19.5. The lowest BCUT2D eigenvalue weighted by Crippen LogP contribution is -2.59. The highest BCUT2D eigenvalue weighted by Gasteiger charge is 2.53. The molecule has 252 valence electrons. The SMILES string of the molecule is CC[C@H]1OC(=O)[C@H](C)[C@@H](O[C@H]2C[C@@](C)(OC)[C@@H](O)[C@H](C)O2)[C@H](C)[C@@H](C(C)(C)C)[C@](C)(O)C[C@@H](C)C(=O)[C@H](C)[C@@H](O)[C@]1(C)O. The van der Waals surface area contributed by atoms with Crippen LogP contribution in [0.2, 0.25) is 0 Å². The quantitative estimate of drug-likeness (QED) is 0.345. The van der Waals surface area contributed by atoms with Gasteiger partial charge in [-0.1, -0.05) is 48.5 Å². The summed E-state index contributed by atoms with van der Waals surface area (Å²) in [4.78, 5) is 27.4. The Morgan fingerprint density at radius 2 is 1.49 bits per heavy atom. The Morgan fingerprint density at radius 3 is 1.98 bits per heavy atom. The smallest absolute Gasteiger partial charge is 0.311 e. The molecule has 14 atom stereocenters. The van der Waals surface area contributed by atoms with E-state index >= 15 is 0 Å². The van der Waals surface area contributed by atoms with Crippen molar-refractivity contribution >= 4 is 11.8 Å². The number of rotatable bonds is 4. The molecule has 2 aliphatic heterocycles. The third-order valence-corrected chi connectivity index (χ3v) is 10.3. The number of carbonyl (C=O) groups is 2. The minimum Gasteiger partial charge on any atom is -0.459 e. The summed E-state index contributed by atoms with van der Waals surface area (Å²) in [5.41, 5.74) is -4.76. The topological polar surface area (TPSA) is 152 Å². The Bertz CT molecular complexity index is 958. The number of aliphatic hydroxyl groups excluding tert-OH is 2. The summed E-state index contributed by atoms with van der Waals surface area (Å²) in [7, 11) is 1.52. The number of hydrogen-bond donors (Lipinski definition) is 4. The van der Waals surface area contributed by atoms with E-state index in [0.29, 0.717) is 0 Å². The molecule has 0 unspecified atom stereocenters. The van der Waals surface area contributed by atoms with E-state index in [1.165, 1.54) is 14.0 Å². The van der Waals surface area contributed by atoms with Gasteiger partial charge in [-0.3, -0.25) is 9.59 Å². The molecule has 2 heterocycles. The van der Waals surface area contributed by atoms with Crippen LogP contribution >= 0.6 is 0 Å². The fourth-order valence-corrected chi connectivity index (χ4v) is 8.09. The molecule has 0 aromatic rings. The van der Waals surface area contributed by atoms with Gasteiger partial charge in [0.1, 0.15) is 23.6 Å². The molecule has 10 nitrogen and oxygen atoms in total. The van der Waals surface area contributed by atoms with Crippen molar-refractivity contribution in [2.24, 2.45) is 35.0 Å². The second kappa shape index (κ2) is 13.7. The van der Waals surface area contributed by atoms with E-state index in [-0.39, 0.29) is 25.0 Å². The summed E-state index contributed by atoms with van der Waals surface area (Å²) in [5, 5.41) is 45.5. The van der Waals surface area contributed by atoms with Gasteiger partial charge in [-0.15, -0.1) is 0 Å². The van der Waals surface area contributed by atoms with Crippen molar-refractivity contribution in [2.45, 2.75) is 156 Å². The molecule has 0 saturated carbocycles. The summed E-state index contributed by atoms with van der Waals surface area (Å²) >= 11 is 0. The first kappa shape index (κ1) is 38.0. The van der Waals surface area contributed by atoms with Gasteiger partial charge in [0.25, 0.3) is 0 Å². The molecule has 43 heavy (non-hydrogen) atoms. The molecule has 2 fully saturated rings. The van der Waals surface area contributed by atoms with E-state index in [1.54, 1.807) is 48.5 Å². The summed E-state index contributed by atoms with van der Waals surface area (Å²) in [6.07, 6.45) is -5.30. The second-order valence-electron chi connectivity index (χ2n) is 15.2. The number of hydrogen-bond acceptors (Lipinski definition) is 10. The van der Waals surface area contributed by atoms with Gasteiger partial charge >= 0.3 is 5.97 Å². The molecule has 0 aromatic carbocycles. The maximum atomic E-state index is 13.8. The molecule has 2 aliphatic rings. The number of ketones is 1. The summed E-state index contributed by atoms with van der Waals surface area (Å²) < 4.78 is 24.2. The second-order valence-corrected chi connectivity index (χ2v) is 15.2. The molecule has 0 spiro atoms. The van der Waals surface area contributed by atoms with Crippen LogP contribution < -0.4 is 0 Å². The summed E-state index contributed by atoms with van der Waals surface area (Å²) in [6.45, 7) is 21.2. The van der Waals surface area contributed by atoms with Crippen LogP contribution in [0.1, 0.15) is 102 Å². The fourth-order valence-electron chi connectivity index (χ4n) is 8.09. The van der Waals surface area contributed by atoms with Crippen LogP contribution in [0.4, 0.5) is 0 Å². The van der Waals surface area contributed by atoms with E-state index in [9.17, 15) is 30.0 Å². The minimum atomic E-state index is -1.92. The molecule has 0 aromatic heterocycles. The highest BCUT2D eigenvalue weighted by atomic mass is 16.7. The first-order valence-corrected chi connectivity index (χ1v) is 15.9. The van der Waals surface area contributed by atoms with Gasteiger partial charge in [-0.25, -0.2) is 0 Å². The number of aliphatic hydroxyl groups is 4. The van der Waals surface area contributed by atoms with Crippen LogP contribution in [0, 0.1) is 35.0 Å². The monoisotopic (exact) mass is 616 g/mol. The number of cyclic esters (lactones) is 1. The van der Waals surface area contributed by atoms with E-state index in [0.717, 1.165) is 0 Å². The Hall–Kier alpha value is -1.14. The van der Waals surface area contributed by atoms with Crippen molar-refractivity contribution in [2.75, 3.05) is 7.11 Å². The van der Waals surface area contributed by atoms with E-state index < -0.39 is 94.6 Å². The zero-order valence-corrected chi connectivity index (χ0v) is 28.7. The van der Waals surface area contributed by atoms with Crippen LogP contribution in [-0.4, -0.2) is 92.9 Å². The number of esters is 1. The van der Waals surface area contributed by atoms with Crippen molar-refractivity contribution in [3.8, 4) is 0 Å². The van der Waals surface area contributed by atoms with Gasteiger partial charge in [0.05, 0.1) is 35.4 Å². The standard InChI is InChI=1S/C33H60O10/c1-14-22-33(12,39)27(35)18(3)24(34)17(2)15-31(10,38)26(30(7,8)9)19(4)25(20(5)29(37)42-22)43-23-16-32(11,40-13)28(36)21(6)41-23/h17-23,25-28,35-36,38-39H,14-16H2,1-13H3/t17-,18+,19+,20-,21+,22-,23+,25+,26+,27-,28+,31-,32-,33-/m1/s1. The fraction of sp³-hybridized carbons (Fsp3) is 0.939. The normalized spacial score (nSPS) is 48.0. The number of carbonyl (C=O) groups excluding carboxylic acids is 2. The van der Waals surface area contributed by atoms with Gasteiger partial charge in [-0.05, 0) is 64.7 Å². The molecule has 2 saturated heterocycles. The van der Waals surface area contributed by atoms with Crippen molar-refractivity contribution < 1.29 is 49.0 Å². The number of ether oxygens (including phenoxy) is 4. The maximum Gasteiger partial charge on any atom is 0.311 e. The molecule has 4 N–H and O–H groups in total. The average molecular weight is 617 g/mol. The zero-order chi connectivity index (χ0) is 33.5. The van der Waals surface area contributed by atoms with Crippen LogP contribution in [0.3, 0.4) is 0 Å². The van der Waals surface area contributed by atoms with Crippen LogP contribution in [-0.2, 0) is 28.5 Å². The summed E-state index contributed by atoms with van der Waals surface area (Å²) in [5.74, 6) is -4.35. The number of Topliss-reactive ketones (excluding diaryl/α,β-unsaturated/α-hetero) is 1. The van der Waals surface area contributed by atoms with Gasteiger partial charge < -0.3 is 39.4 Å². The maximum absolute atomic E-state index is 13.8. The largest absolute Gasteiger partial charge is 0.459 e. The Kier molecular flexibility index (Phi) is 12.1. The molecule has 0 radical (unpaired) electrons. The number of methoxy groups -OCH3 is 1. The van der Waals surface area contributed by atoms with E-state index in [2.05, 4.69) is 0 Å². The average Bonchev–Trinajstić information content (AvgIpc) is 2.89. The molecular formula is C33H60O10. The molecular weight excluding hydrogens is 556 g/mol. The van der Waals surface area contributed by atoms with Crippen molar-refractivity contribution in [3.63, 3.8) is 0 Å². The predicted octanol–water partition coefficient (Wildman–Crippen LogP) is 3.64. The molecule has 10 heteroatoms. The van der Waals surface area contributed by atoms with Crippen molar-refractivity contribution in [1.29, 1.82) is 0 Å². The Balaban J connectivity index is 2.70. The lowest BCUT2D eigenvalue weighted by atomic mass is 9.61. The highest BCUT2D eigenvalue weighted by Crippen LogP contribution is 2.47. The highest BCUT2D eigenvalue weighted by molar-refractivity contribution is 5.83. The zero-order valence-electron chi connectivity index (χ0n) is 28.7. The molecule has 0 bridgehead atoms. The van der Waals surface area contributed by atoms with E-state index in [1.807, 2.05) is 27.7 Å². The Labute approximate surface area is 258 Å². The van der Waals surface area contributed by atoms with Crippen molar-refractivity contribution in [1.82, 2.24) is 0 Å². The molecule has 2 rings (SSSR count). The van der Waals surface area contributed by atoms with Gasteiger partial charge in [0.2, 0.25) is 0 Å². The van der Waals surface area contributed by atoms with Crippen LogP contribution in [0.15, 0.2) is 0 Å². The Morgan fingerprint density at radius 1 is 0.930 bits per heavy atom. The van der Waals surface area contributed by atoms with E-state index in [4.69, 9.17) is 18.9 Å². The molecule has 0 amide bonds.